The minimum Gasteiger partial charge on any atom is -0.250 e. The summed E-state index contributed by atoms with van der Waals surface area (Å²) in [5, 5.41) is 0. The largest absolute Gasteiger partial charge is 0.459 e. The van der Waals surface area contributed by atoms with Crippen LogP contribution in [0.4, 0.5) is 48.3 Å². The maximum Gasteiger partial charge on any atom is 0.459 e. The molecule has 0 heterocycles. The molecule has 0 rings (SSSR count). The van der Waals surface area contributed by atoms with E-state index in [0.29, 0.717) is 0 Å². The van der Waals surface area contributed by atoms with Crippen molar-refractivity contribution in [2.24, 2.45) is 5.92 Å². The van der Waals surface area contributed by atoms with Gasteiger partial charge in [0.25, 0.3) is 0 Å². The van der Waals surface area contributed by atoms with Gasteiger partial charge in [-0.25, -0.2) is 0 Å². The van der Waals surface area contributed by atoms with Gasteiger partial charge >= 0.3 is 24.2 Å². The summed E-state index contributed by atoms with van der Waals surface area (Å²) in [4.78, 5) is 0. The Hall–Kier alpha value is -0.770. The molecule has 0 saturated carbocycles. The summed E-state index contributed by atoms with van der Waals surface area (Å²) in [6.07, 6.45) is -13.2. The molecular formula is C6H3F11. The van der Waals surface area contributed by atoms with Crippen molar-refractivity contribution in [3.8, 4) is 0 Å². The van der Waals surface area contributed by atoms with Gasteiger partial charge in [-0.3, -0.25) is 4.39 Å². The van der Waals surface area contributed by atoms with Gasteiger partial charge in [0.05, 0.1) is 0 Å². The van der Waals surface area contributed by atoms with E-state index in [1.807, 2.05) is 0 Å². The molecule has 0 fully saturated rings. The first-order chi connectivity index (χ1) is 7.19. The van der Waals surface area contributed by atoms with Crippen LogP contribution < -0.4 is 0 Å². The first kappa shape index (κ1) is 16.2. The van der Waals surface area contributed by atoms with E-state index < -0.39 is 36.8 Å². The van der Waals surface area contributed by atoms with E-state index in [1.165, 1.54) is 0 Å². The third-order valence-corrected chi connectivity index (χ3v) is 1.76. The molecule has 0 aliphatic carbocycles. The lowest BCUT2D eigenvalue weighted by atomic mass is 9.96. The van der Waals surface area contributed by atoms with E-state index in [9.17, 15) is 48.3 Å². The molecule has 11 heteroatoms. The molecule has 0 aromatic heterocycles. The average molecular weight is 284 g/mol. The Balaban J connectivity index is 5.53. The number of hydrogen-bond donors (Lipinski definition) is 0. The highest BCUT2D eigenvalue weighted by Crippen LogP contribution is 2.53. The Kier molecular flexibility index (Phi) is 3.97. The molecule has 0 aromatic rings. The fourth-order valence-electron chi connectivity index (χ4n) is 0.798. The first-order valence-corrected chi connectivity index (χ1v) is 3.64. The molecule has 0 aliphatic rings. The van der Waals surface area contributed by atoms with Crippen LogP contribution >= 0.6 is 0 Å². The van der Waals surface area contributed by atoms with Crippen LogP contribution in [0, 0.1) is 5.92 Å². The molecule has 0 amide bonds. The molecule has 1 atom stereocenters. The second-order valence-electron chi connectivity index (χ2n) is 2.94. The van der Waals surface area contributed by atoms with E-state index in [-0.39, 0.29) is 0 Å². The topological polar surface area (TPSA) is 0 Å². The molecule has 0 saturated heterocycles. The van der Waals surface area contributed by atoms with Crippen molar-refractivity contribution in [3.05, 3.63) is 0 Å². The van der Waals surface area contributed by atoms with Crippen molar-refractivity contribution in [1.29, 1.82) is 0 Å². The maximum absolute atomic E-state index is 12.4. The lowest BCUT2D eigenvalue weighted by molar-refractivity contribution is -0.387. The summed E-state index contributed by atoms with van der Waals surface area (Å²) in [6, 6.07) is 0. The number of alkyl halides is 11. The molecule has 17 heavy (non-hydrogen) atoms. The summed E-state index contributed by atoms with van der Waals surface area (Å²) in [5.41, 5.74) is 0. The molecule has 104 valence electrons. The third kappa shape index (κ3) is 2.73. The SMILES string of the molecule is FCC(C(F)(F)F)C(F)(F)C(F)(F)C(F)(F)F. The van der Waals surface area contributed by atoms with Gasteiger partial charge in [-0.1, -0.05) is 0 Å². The maximum atomic E-state index is 12.4. The van der Waals surface area contributed by atoms with Crippen molar-refractivity contribution in [2.45, 2.75) is 24.2 Å². The van der Waals surface area contributed by atoms with Crippen molar-refractivity contribution >= 4 is 0 Å². The average Bonchev–Trinajstić information content (AvgIpc) is 1.98. The molecule has 1 unspecified atom stereocenters. The van der Waals surface area contributed by atoms with E-state index in [1.54, 1.807) is 0 Å². The fourth-order valence-corrected chi connectivity index (χ4v) is 0.798. The van der Waals surface area contributed by atoms with Crippen molar-refractivity contribution < 1.29 is 48.3 Å². The van der Waals surface area contributed by atoms with Crippen LogP contribution in [0.2, 0.25) is 0 Å². The second-order valence-corrected chi connectivity index (χ2v) is 2.94. The van der Waals surface area contributed by atoms with Gasteiger partial charge in [0, 0.05) is 0 Å². The summed E-state index contributed by atoms with van der Waals surface area (Å²) in [7, 11) is 0. The predicted molar refractivity (Wildman–Crippen MR) is 31.5 cm³/mol. The van der Waals surface area contributed by atoms with Gasteiger partial charge in [-0.2, -0.15) is 43.9 Å². The zero-order valence-electron chi connectivity index (χ0n) is 7.44. The normalized spacial score (nSPS) is 17.1. The predicted octanol–water partition coefficient (Wildman–Crippen LogP) is 3.97. The van der Waals surface area contributed by atoms with Crippen LogP contribution in [0.25, 0.3) is 0 Å². The Morgan fingerprint density at radius 3 is 1.24 bits per heavy atom. The third-order valence-electron chi connectivity index (χ3n) is 1.76. The highest BCUT2D eigenvalue weighted by Gasteiger charge is 2.78. The molecule has 0 N–H and O–H groups in total. The van der Waals surface area contributed by atoms with Gasteiger partial charge in [0.2, 0.25) is 0 Å². The standard InChI is InChI=1S/C6H3F11/c7-1-2(4(10,11)12)3(8,9)5(13,14)6(15,16)17/h2H,1H2. The van der Waals surface area contributed by atoms with E-state index in [4.69, 9.17) is 0 Å². The molecule has 0 radical (unpaired) electrons. The van der Waals surface area contributed by atoms with Crippen molar-refractivity contribution in [2.75, 3.05) is 6.67 Å². The van der Waals surface area contributed by atoms with Crippen LogP contribution in [0.5, 0.6) is 0 Å². The zero-order chi connectivity index (χ0) is 14.3. The van der Waals surface area contributed by atoms with Crippen LogP contribution in [0.1, 0.15) is 0 Å². The Labute approximate surface area is 86.4 Å². The molecular weight excluding hydrogens is 281 g/mol. The quantitative estimate of drug-likeness (QED) is 0.688. The van der Waals surface area contributed by atoms with Gasteiger partial charge in [-0.05, 0) is 0 Å². The number of halogens is 11. The fraction of sp³-hybridized carbons (Fsp3) is 1.00. The Morgan fingerprint density at radius 1 is 0.706 bits per heavy atom. The van der Waals surface area contributed by atoms with Gasteiger partial charge in [-0.15, -0.1) is 0 Å². The van der Waals surface area contributed by atoms with Gasteiger partial charge < -0.3 is 0 Å². The minimum atomic E-state index is -6.98. The van der Waals surface area contributed by atoms with Crippen LogP contribution in [0.15, 0.2) is 0 Å². The second kappa shape index (κ2) is 4.16. The zero-order valence-corrected chi connectivity index (χ0v) is 7.44. The smallest absolute Gasteiger partial charge is 0.250 e. The molecule has 0 spiro atoms. The molecule has 0 bridgehead atoms. The molecule has 0 aromatic carbocycles. The van der Waals surface area contributed by atoms with E-state index in [2.05, 4.69) is 0 Å². The summed E-state index contributed by atoms with van der Waals surface area (Å²) in [6.45, 7) is -3.10. The number of hydrogen-bond acceptors (Lipinski definition) is 0. The highest BCUT2D eigenvalue weighted by molar-refractivity contribution is 4.97. The highest BCUT2D eigenvalue weighted by atomic mass is 19.4. The van der Waals surface area contributed by atoms with Crippen molar-refractivity contribution in [3.63, 3.8) is 0 Å². The van der Waals surface area contributed by atoms with Crippen LogP contribution in [-0.4, -0.2) is 30.9 Å². The molecule has 0 aliphatic heterocycles. The minimum absolute atomic E-state index is 3.10. The molecule has 0 nitrogen and oxygen atoms in total. The lowest BCUT2D eigenvalue weighted by Crippen LogP contribution is -2.59. The van der Waals surface area contributed by atoms with Gasteiger partial charge in [0.15, 0.2) is 5.92 Å². The van der Waals surface area contributed by atoms with E-state index >= 15 is 0 Å². The van der Waals surface area contributed by atoms with Crippen LogP contribution in [-0.2, 0) is 0 Å². The summed E-state index contributed by atoms with van der Waals surface area (Å²) in [5.74, 6) is -18.3. The van der Waals surface area contributed by atoms with E-state index in [0.717, 1.165) is 0 Å². The van der Waals surface area contributed by atoms with Crippen molar-refractivity contribution in [1.82, 2.24) is 0 Å². The lowest BCUT2D eigenvalue weighted by Gasteiger charge is -2.33. The van der Waals surface area contributed by atoms with Crippen LogP contribution in [0.3, 0.4) is 0 Å². The monoisotopic (exact) mass is 284 g/mol. The van der Waals surface area contributed by atoms with Gasteiger partial charge in [0.1, 0.15) is 6.67 Å². The Bertz CT molecular complexity index is 258. The summed E-state index contributed by atoms with van der Waals surface area (Å²) < 4.78 is 130. The summed E-state index contributed by atoms with van der Waals surface area (Å²) >= 11 is 0. The first-order valence-electron chi connectivity index (χ1n) is 3.64. The number of rotatable bonds is 3. The Morgan fingerprint density at radius 2 is 1.06 bits per heavy atom.